The van der Waals surface area contributed by atoms with Gasteiger partial charge in [-0.15, -0.1) is 0 Å². The number of hydrogen-bond acceptors (Lipinski definition) is 2. The zero-order chi connectivity index (χ0) is 10.6. The Balaban J connectivity index is 2.49. The van der Waals surface area contributed by atoms with Gasteiger partial charge in [-0.25, -0.2) is 0 Å². The highest BCUT2D eigenvalue weighted by Gasteiger charge is 2.20. The number of hydrogen-bond donors (Lipinski definition) is 1. The van der Waals surface area contributed by atoms with Crippen molar-refractivity contribution in [1.82, 2.24) is 10.3 Å². The van der Waals surface area contributed by atoms with Gasteiger partial charge in [0.15, 0.2) is 0 Å². The fourth-order valence-corrected chi connectivity index (χ4v) is 1.04. The molecular formula is C12H20N2. The highest BCUT2D eigenvalue weighted by atomic mass is 15.0. The molecule has 1 aromatic heterocycles. The van der Waals surface area contributed by atoms with Crippen LogP contribution in [0.15, 0.2) is 24.5 Å². The van der Waals surface area contributed by atoms with Crippen molar-refractivity contribution in [3.63, 3.8) is 0 Å². The molecule has 0 saturated carbocycles. The molecule has 1 aromatic rings. The van der Waals surface area contributed by atoms with Crippen LogP contribution in [0.5, 0.6) is 0 Å². The number of aromatic nitrogens is 1. The third-order valence-electron chi connectivity index (χ3n) is 2.91. The second-order valence-corrected chi connectivity index (χ2v) is 4.59. The van der Waals surface area contributed by atoms with Gasteiger partial charge in [0.1, 0.15) is 0 Å². The third-order valence-corrected chi connectivity index (χ3v) is 2.91. The summed E-state index contributed by atoms with van der Waals surface area (Å²) in [6, 6.07) is 4.07. The summed E-state index contributed by atoms with van der Waals surface area (Å²) < 4.78 is 0. The van der Waals surface area contributed by atoms with Crippen molar-refractivity contribution >= 4 is 0 Å². The van der Waals surface area contributed by atoms with Crippen LogP contribution in [0.3, 0.4) is 0 Å². The molecule has 78 valence electrons. The average molecular weight is 192 g/mol. The molecule has 0 amide bonds. The first-order valence-corrected chi connectivity index (χ1v) is 5.16. The lowest BCUT2D eigenvalue weighted by atomic mass is 9.90. The molecule has 1 rings (SSSR count). The first-order valence-electron chi connectivity index (χ1n) is 5.16. The molecule has 1 heterocycles. The topological polar surface area (TPSA) is 24.9 Å². The molecule has 0 aliphatic heterocycles. The Morgan fingerprint density at radius 3 is 2.64 bits per heavy atom. The van der Waals surface area contributed by atoms with Crippen molar-refractivity contribution in [3.05, 3.63) is 30.1 Å². The van der Waals surface area contributed by atoms with E-state index < -0.39 is 0 Å². The molecule has 0 aliphatic rings. The van der Waals surface area contributed by atoms with Crippen molar-refractivity contribution in [3.8, 4) is 0 Å². The van der Waals surface area contributed by atoms with E-state index in [9.17, 15) is 0 Å². The van der Waals surface area contributed by atoms with E-state index in [1.807, 2.05) is 12.3 Å². The standard InChI is InChI=1S/C12H20N2/c1-10(2)12(3,4)14-9-11-6-5-7-13-8-11/h5-8,10,14H,9H2,1-4H3. The summed E-state index contributed by atoms with van der Waals surface area (Å²) in [6.07, 6.45) is 3.71. The Kier molecular flexibility index (Phi) is 3.64. The van der Waals surface area contributed by atoms with Gasteiger partial charge in [0.25, 0.3) is 0 Å². The van der Waals surface area contributed by atoms with Gasteiger partial charge in [-0.3, -0.25) is 4.98 Å². The van der Waals surface area contributed by atoms with Gasteiger partial charge in [-0.2, -0.15) is 0 Å². The summed E-state index contributed by atoms with van der Waals surface area (Å²) in [5.41, 5.74) is 1.41. The van der Waals surface area contributed by atoms with Gasteiger partial charge in [0.2, 0.25) is 0 Å². The van der Waals surface area contributed by atoms with Crippen LogP contribution in [0.2, 0.25) is 0 Å². The van der Waals surface area contributed by atoms with E-state index in [1.54, 1.807) is 6.20 Å². The molecule has 0 atom stereocenters. The molecule has 1 N–H and O–H groups in total. The summed E-state index contributed by atoms with van der Waals surface area (Å²) >= 11 is 0. The lowest BCUT2D eigenvalue weighted by Crippen LogP contribution is -2.43. The van der Waals surface area contributed by atoms with Crippen molar-refractivity contribution < 1.29 is 0 Å². The number of nitrogens with one attached hydrogen (secondary N) is 1. The summed E-state index contributed by atoms with van der Waals surface area (Å²) in [7, 11) is 0. The van der Waals surface area contributed by atoms with Crippen molar-refractivity contribution in [1.29, 1.82) is 0 Å². The van der Waals surface area contributed by atoms with Crippen LogP contribution in [-0.4, -0.2) is 10.5 Å². The quantitative estimate of drug-likeness (QED) is 0.793. The Labute approximate surface area is 86.8 Å². The first kappa shape index (κ1) is 11.2. The second-order valence-electron chi connectivity index (χ2n) is 4.59. The van der Waals surface area contributed by atoms with Crippen LogP contribution in [0.4, 0.5) is 0 Å². The molecule has 0 fully saturated rings. The molecule has 0 bridgehead atoms. The summed E-state index contributed by atoms with van der Waals surface area (Å²) in [6.45, 7) is 9.81. The van der Waals surface area contributed by atoms with Gasteiger partial charge in [-0.1, -0.05) is 19.9 Å². The van der Waals surface area contributed by atoms with E-state index in [4.69, 9.17) is 0 Å². The predicted molar refractivity (Wildman–Crippen MR) is 60.0 cm³/mol. The molecule has 0 aromatic carbocycles. The maximum Gasteiger partial charge on any atom is 0.0312 e. The molecule has 14 heavy (non-hydrogen) atoms. The van der Waals surface area contributed by atoms with Gasteiger partial charge >= 0.3 is 0 Å². The van der Waals surface area contributed by atoms with Gasteiger partial charge in [0.05, 0.1) is 0 Å². The molecule has 2 nitrogen and oxygen atoms in total. The molecular weight excluding hydrogens is 172 g/mol. The Morgan fingerprint density at radius 1 is 1.43 bits per heavy atom. The van der Waals surface area contributed by atoms with E-state index in [-0.39, 0.29) is 5.54 Å². The van der Waals surface area contributed by atoms with Crippen LogP contribution >= 0.6 is 0 Å². The zero-order valence-corrected chi connectivity index (χ0v) is 9.54. The van der Waals surface area contributed by atoms with Crippen LogP contribution in [0, 0.1) is 5.92 Å². The highest BCUT2D eigenvalue weighted by Crippen LogP contribution is 2.15. The van der Waals surface area contributed by atoms with Gasteiger partial charge in [-0.05, 0) is 31.4 Å². The summed E-state index contributed by atoms with van der Waals surface area (Å²) in [5.74, 6) is 0.624. The molecule has 0 saturated heterocycles. The van der Waals surface area contributed by atoms with E-state index in [0.717, 1.165) is 6.54 Å². The summed E-state index contributed by atoms with van der Waals surface area (Å²) in [4.78, 5) is 4.09. The van der Waals surface area contributed by atoms with Crippen molar-refractivity contribution in [2.75, 3.05) is 0 Å². The zero-order valence-electron chi connectivity index (χ0n) is 9.54. The van der Waals surface area contributed by atoms with Crippen LogP contribution in [-0.2, 0) is 6.54 Å². The molecule has 0 spiro atoms. The number of rotatable bonds is 4. The Hall–Kier alpha value is -0.890. The monoisotopic (exact) mass is 192 g/mol. The SMILES string of the molecule is CC(C)C(C)(C)NCc1cccnc1. The number of nitrogens with zero attached hydrogens (tertiary/aromatic N) is 1. The molecule has 0 aliphatic carbocycles. The fourth-order valence-electron chi connectivity index (χ4n) is 1.04. The minimum atomic E-state index is 0.176. The second kappa shape index (κ2) is 4.56. The third kappa shape index (κ3) is 3.11. The highest BCUT2D eigenvalue weighted by molar-refractivity contribution is 5.08. The minimum Gasteiger partial charge on any atom is -0.307 e. The lowest BCUT2D eigenvalue weighted by Gasteiger charge is -2.30. The minimum absolute atomic E-state index is 0.176. The molecule has 0 radical (unpaired) electrons. The van der Waals surface area contributed by atoms with E-state index >= 15 is 0 Å². The molecule has 2 heteroatoms. The van der Waals surface area contributed by atoms with Crippen molar-refractivity contribution in [2.45, 2.75) is 39.8 Å². The number of pyridine rings is 1. The first-order chi connectivity index (χ1) is 6.52. The Bertz CT molecular complexity index is 265. The van der Waals surface area contributed by atoms with E-state index in [2.05, 4.69) is 44.1 Å². The van der Waals surface area contributed by atoms with Gasteiger partial charge in [0, 0.05) is 24.5 Å². The van der Waals surface area contributed by atoms with Crippen molar-refractivity contribution in [2.24, 2.45) is 5.92 Å². The van der Waals surface area contributed by atoms with Crippen LogP contribution in [0.25, 0.3) is 0 Å². The average Bonchev–Trinajstić information content (AvgIpc) is 2.16. The van der Waals surface area contributed by atoms with Gasteiger partial charge < -0.3 is 5.32 Å². The maximum atomic E-state index is 4.09. The molecule has 0 unspecified atom stereocenters. The smallest absolute Gasteiger partial charge is 0.0312 e. The van der Waals surface area contributed by atoms with E-state index in [1.165, 1.54) is 5.56 Å². The maximum absolute atomic E-state index is 4.09. The normalized spacial score (nSPS) is 12.1. The summed E-state index contributed by atoms with van der Waals surface area (Å²) in [5, 5.41) is 3.53. The van der Waals surface area contributed by atoms with Crippen LogP contribution < -0.4 is 5.32 Å². The lowest BCUT2D eigenvalue weighted by molar-refractivity contribution is 0.286. The fraction of sp³-hybridized carbons (Fsp3) is 0.583. The Morgan fingerprint density at radius 2 is 2.14 bits per heavy atom. The predicted octanol–water partition coefficient (Wildman–Crippen LogP) is 2.61. The van der Waals surface area contributed by atoms with Crippen LogP contribution in [0.1, 0.15) is 33.3 Å². The van der Waals surface area contributed by atoms with E-state index in [0.29, 0.717) is 5.92 Å². The largest absolute Gasteiger partial charge is 0.307 e.